The SMILES string of the molecule is O=c1[nH]c2ccccc2n2cncc12. The number of aromatic amines is 1. The van der Waals surface area contributed by atoms with E-state index in [1.165, 1.54) is 0 Å². The monoisotopic (exact) mass is 185 g/mol. The highest BCUT2D eigenvalue weighted by atomic mass is 16.1. The molecule has 14 heavy (non-hydrogen) atoms. The first-order chi connectivity index (χ1) is 6.86. The van der Waals surface area contributed by atoms with Gasteiger partial charge in [-0.15, -0.1) is 0 Å². The van der Waals surface area contributed by atoms with Crippen LogP contribution in [-0.2, 0) is 0 Å². The molecule has 1 aromatic carbocycles. The maximum atomic E-state index is 11.5. The van der Waals surface area contributed by atoms with E-state index in [0.29, 0.717) is 5.52 Å². The van der Waals surface area contributed by atoms with Crippen LogP contribution in [0.3, 0.4) is 0 Å². The van der Waals surface area contributed by atoms with Crippen molar-refractivity contribution in [1.82, 2.24) is 14.4 Å². The van der Waals surface area contributed by atoms with E-state index in [0.717, 1.165) is 11.0 Å². The zero-order valence-electron chi connectivity index (χ0n) is 7.27. The topological polar surface area (TPSA) is 50.2 Å². The number of hydrogen-bond acceptors (Lipinski definition) is 2. The summed E-state index contributed by atoms with van der Waals surface area (Å²) in [6.07, 6.45) is 3.21. The molecule has 2 heterocycles. The summed E-state index contributed by atoms with van der Waals surface area (Å²) < 4.78 is 1.79. The summed E-state index contributed by atoms with van der Waals surface area (Å²) in [7, 11) is 0. The van der Waals surface area contributed by atoms with Crippen LogP contribution < -0.4 is 5.56 Å². The van der Waals surface area contributed by atoms with Gasteiger partial charge in [0.1, 0.15) is 5.52 Å². The van der Waals surface area contributed by atoms with Gasteiger partial charge in [0, 0.05) is 0 Å². The molecule has 3 aromatic rings. The number of hydrogen-bond donors (Lipinski definition) is 1. The van der Waals surface area contributed by atoms with Gasteiger partial charge in [0.25, 0.3) is 5.56 Å². The highest BCUT2D eigenvalue weighted by molar-refractivity contribution is 5.77. The maximum Gasteiger partial charge on any atom is 0.274 e. The van der Waals surface area contributed by atoms with Gasteiger partial charge in [-0.3, -0.25) is 9.20 Å². The largest absolute Gasteiger partial charge is 0.319 e. The quantitative estimate of drug-likeness (QED) is 0.571. The molecule has 0 bridgehead atoms. The lowest BCUT2D eigenvalue weighted by Gasteiger charge is -1.99. The van der Waals surface area contributed by atoms with Crippen LogP contribution in [0.25, 0.3) is 16.6 Å². The molecule has 0 saturated heterocycles. The lowest BCUT2D eigenvalue weighted by Crippen LogP contribution is -2.09. The van der Waals surface area contributed by atoms with Gasteiger partial charge in [0.2, 0.25) is 0 Å². The van der Waals surface area contributed by atoms with E-state index in [1.54, 1.807) is 16.9 Å². The van der Waals surface area contributed by atoms with Gasteiger partial charge in [-0.1, -0.05) is 12.1 Å². The summed E-state index contributed by atoms with van der Waals surface area (Å²) in [5.74, 6) is 0. The van der Waals surface area contributed by atoms with Crippen molar-refractivity contribution in [1.29, 1.82) is 0 Å². The van der Waals surface area contributed by atoms with E-state index in [9.17, 15) is 4.79 Å². The number of rotatable bonds is 0. The van der Waals surface area contributed by atoms with Gasteiger partial charge >= 0.3 is 0 Å². The van der Waals surface area contributed by atoms with Crippen molar-refractivity contribution in [3.05, 3.63) is 47.1 Å². The molecule has 0 aliphatic carbocycles. The summed E-state index contributed by atoms with van der Waals surface area (Å²) in [5.41, 5.74) is 2.24. The molecular weight excluding hydrogens is 178 g/mol. The minimum Gasteiger partial charge on any atom is -0.319 e. The Bertz CT molecular complexity index is 665. The van der Waals surface area contributed by atoms with Crippen LogP contribution in [0.2, 0.25) is 0 Å². The number of benzene rings is 1. The number of nitrogens with zero attached hydrogens (tertiary/aromatic N) is 2. The summed E-state index contributed by atoms with van der Waals surface area (Å²) in [6, 6.07) is 7.64. The molecule has 0 amide bonds. The zero-order chi connectivity index (χ0) is 9.54. The lowest BCUT2D eigenvalue weighted by molar-refractivity contribution is 1.16. The fraction of sp³-hybridized carbons (Fsp3) is 0. The number of para-hydroxylation sites is 2. The molecule has 4 heteroatoms. The average molecular weight is 185 g/mol. The van der Waals surface area contributed by atoms with Crippen LogP contribution in [0.5, 0.6) is 0 Å². The summed E-state index contributed by atoms with van der Waals surface area (Å²) in [5, 5.41) is 0. The van der Waals surface area contributed by atoms with E-state index >= 15 is 0 Å². The van der Waals surface area contributed by atoms with Gasteiger partial charge in [-0.2, -0.15) is 0 Å². The highest BCUT2D eigenvalue weighted by Gasteiger charge is 2.02. The molecule has 0 atom stereocenters. The Hall–Kier alpha value is -2.10. The van der Waals surface area contributed by atoms with E-state index in [2.05, 4.69) is 9.97 Å². The van der Waals surface area contributed by atoms with Crippen molar-refractivity contribution in [2.24, 2.45) is 0 Å². The predicted octanol–water partition coefficient (Wildman–Crippen LogP) is 1.18. The Labute approximate surface area is 78.8 Å². The summed E-state index contributed by atoms with van der Waals surface area (Å²) >= 11 is 0. The van der Waals surface area contributed by atoms with E-state index in [1.807, 2.05) is 24.3 Å². The van der Waals surface area contributed by atoms with E-state index in [4.69, 9.17) is 0 Å². The Kier molecular flexibility index (Phi) is 1.28. The van der Waals surface area contributed by atoms with Crippen molar-refractivity contribution in [2.75, 3.05) is 0 Å². The van der Waals surface area contributed by atoms with Crippen molar-refractivity contribution in [2.45, 2.75) is 0 Å². The van der Waals surface area contributed by atoms with Crippen molar-refractivity contribution in [3.63, 3.8) is 0 Å². The molecule has 0 aliphatic heterocycles. The van der Waals surface area contributed by atoms with Crippen LogP contribution in [-0.4, -0.2) is 14.4 Å². The third-order valence-corrected chi connectivity index (χ3v) is 2.28. The molecule has 0 spiro atoms. The molecule has 0 unspecified atom stereocenters. The van der Waals surface area contributed by atoms with Crippen LogP contribution in [0, 0.1) is 0 Å². The van der Waals surface area contributed by atoms with Gasteiger partial charge in [0.15, 0.2) is 0 Å². The number of H-pyrrole nitrogens is 1. The molecule has 0 aliphatic rings. The minimum atomic E-state index is -0.110. The Morgan fingerprint density at radius 3 is 3.00 bits per heavy atom. The fourth-order valence-corrected chi connectivity index (χ4v) is 1.63. The van der Waals surface area contributed by atoms with Crippen LogP contribution >= 0.6 is 0 Å². The molecule has 4 nitrogen and oxygen atoms in total. The molecule has 0 saturated carbocycles. The molecule has 0 fully saturated rings. The number of fused-ring (bicyclic) bond motifs is 3. The summed E-state index contributed by atoms with van der Waals surface area (Å²) in [6.45, 7) is 0. The second kappa shape index (κ2) is 2.45. The second-order valence-corrected chi connectivity index (χ2v) is 3.12. The second-order valence-electron chi connectivity index (χ2n) is 3.12. The van der Waals surface area contributed by atoms with Crippen LogP contribution in [0.15, 0.2) is 41.6 Å². The Balaban J connectivity index is 2.73. The third-order valence-electron chi connectivity index (χ3n) is 2.28. The fourth-order valence-electron chi connectivity index (χ4n) is 1.63. The molecular formula is C10H7N3O. The number of nitrogens with one attached hydrogen (secondary N) is 1. The zero-order valence-corrected chi connectivity index (χ0v) is 7.27. The van der Waals surface area contributed by atoms with Gasteiger partial charge < -0.3 is 4.98 Å². The average Bonchev–Trinajstić information content (AvgIpc) is 2.67. The Morgan fingerprint density at radius 1 is 1.21 bits per heavy atom. The Morgan fingerprint density at radius 2 is 2.07 bits per heavy atom. The smallest absolute Gasteiger partial charge is 0.274 e. The normalized spacial score (nSPS) is 11.1. The van der Waals surface area contributed by atoms with Crippen LogP contribution in [0.4, 0.5) is 0 Å². The first kappa shape index (κ1) is 7.32. The van der Waals surface area contributed by atoms with Gasteiger partial charge in [-0.25, -0.2) is 4.98 Å². The molecule has 1 N–H and O–H groups in total. The maximum absolute atomic E-state index is 11.5. The van der Waals surface area contributed by atoms with E-state index < -0.39 is 0 Å². The minimum absolute atomic E-state index is 0.110. The van der Waals surface area contributed by atoms with Crippen molar-refractivity contribution < 1.29 is 0 Å². The van der Waals surface area contributed by atoms with Crippen LogP contribution in [0.1, 0.15) is 0 Å². The number of imidazole rings is 1. The molecule has 68 valence electrons. The first-order valence-electron chi connectivity index (χ1n) is 4.29. The lowest BCUT2D eigenvalue weighted by atomic mass is 10.3. The first-order valence-corrected chi connectivity index (χ1v) is 4.29. The molecule has 2 aromatic heterocycles. The van der Waals surface area contributed by atoms with E-state index in [-0.39, 0.29) is 5.56 Å². The van der Waals surface area contributed by atoms with Gasteiger partial charge in [0.05, 0.1) is 23.6 Å². The van der Waals surface area contributed by atoms with Crippen molar-refractivity contribution >= 4 is 16.6 Å². The number of aromatic nitrogens is 3. The highest BCUT2D eigenvalue weighted by Crippen LogP contribution is 2.10. The summed E-state index contributed by atoms with van der Waals surface area (Å²) in [4.78, 5) is 18.3. The predicted molar refractivity (Wildman–Crippen MR) is 53.3 cm³/mol. The van der Waals surface area contributed by atoms with Gasteiger partial charge in [-0.05, 0) is 12.1 Å². The molecule has 3 rings (SSSR count). The third kappa shape index (κ3) is 0.821. The van der Waals surface area contributed by atoms with Crippen molar-refractivity contribution in [3.8, 4) is 0 Å². The standard InChI is InChI=1S/C10H7N3O/c14-10-9-5-11-6-13(9)8-4-2-1-3-7(8)12-10/h1-6H,(H,12,14). The molecule has 0 radical (unpaired) electrons.